The van der Waals surface area contributed by atoms with Gasteiger partial charge in [-0.25, -0.2) is 0 Å². The minimum Gasteiger partial charge on any atom is -0.428 e. The number of amides is 1. The minimum atomic E-state index is -0.00979. The molecular weight excluding hydrogens is 240 g/mol. The number of hydrogen-bond donors (Lipinski definition) is 0. The molecule has 2 rings (SSSR count). The summed E-state index contributed by atoms with van der Waals surface area (Å²) < 4.78 is 5.19. The number of hydrogen-bond acceptors (Lipinski definition) is 3. The lowest BCUT2D eigenvalue weighted by molar-refractivity contribution is 0.0773. The first-order valence-electron chi connectivity index (χ1n) is 5.51. The maximum atomic E-state index is 12.1. The van der Waals surface area contributed by atoms with Gasteiger partial charge in [0.1, 0.15) is 5.52 Å². The molecule has 1 amide bonds. The smallest absolute Gasteiger partial charge is 0.293 e. The zero-order valence-electron chi connectivity index (χ0n) is 9.74. The number of carbonyl (C=O) groups is 1. The van der Waals surface area contributed by atoms with Crippen molar-refractivity contribution in [2.75, 3.05) is 13.1 Å². The van der Waals surface area contributed by atoms with E-state index in [1.807, 2.05) is 13.8 Å². The highest BCUT2D eigenvalue weighted by atomic mass is 35.5. The Hall–Kier alpha value is -1.55. The number of oxazole rings is 1. The third-order valence-corrected chi connectivity index (χ3v) is 2.82. The van der Waals surface area contributed by atoms with E-state index in [0.717, 1.165) is 0 Å². The summed E-state index contributed by atoms with van der Waals surface area (Å²) in [4.78, 5) is 17.8. The van der Waals surface area contributed by atoms with Crippen molar-refractivity contribution in [3.8, 4) is 0 Å². The SMILES string of the molecule is CCN(CC)C(=O)c1ccc2nc(Cl)oc2c1. The summed E-state index contributed by atoms with van der Waals surface area (Å²) in [5, 5.41) is 0.0902. The highest BCUT2D eigenvalue weighted by molar-refractivity contribution is 6.28. The van der Waals surface area contributed by atoms with Crippen LogP contribution in [0.1, 0.15) is 24.2 Å². The van der Waals surface area contributed by atoms with Crippen LogP contribution >= 0.6 is 11.6 Å². The van der Waals surface area contributed by atoms with Gasteiger partial charge < -0.3 is 9.32 Å². The Morgan fingerprint density at radius 1 is 1.41 bits per heavy atom. The third kappa shape index (κ3) is 2.26. The van der Waals surface area contributed by atoms with Crippen LogP contribution in [0.25, 0.3) is 11.1 Å². The summed E-state index contributed by atoms with van der Waals surface area (Å²) in [7, 11) is 0. The molecule has 4 nitrogen and oxygen atoms in total. The van der Waals surface area contributed by atoms with Crippen LogP contribution in [0.4, 0.5) is 0 Å². The lowest BCUT2D eigenvalue weighted by Crippen LogP contribution is -2.30. The molecular formula is C12H13ClN2O2. The molecule has 0 aliphatic rings. The predicted molar refractivity (Wildman–Crippen MR) is 66.3 cm³/mol. The van der Waals surface area contributed by atoms with Gasteiger partial charge in [0.15, 0.2) is 5.58 Å². The topological polar surface area (TPSA) is 46.3 Å². The molecule has 0 saturated carbocycles. The van der Waals surface area contributed by atoms with Gasteiger partial charge in [-0.3, -0.25) is 4.79 Å². The van der Waals surface area contributed by atoms with Crippen LogP contribution in [0.15, 0.2) is 22.6 Å². The van der Waals surface area contributed by atoms with Crippen LogP contribution in [0.5, 0.6) is 0 Å². The van der Waals surface area contributed by atoms with Gasteiger partial charge in [0, 0.05) is 18.7 Å². The fourth-order valence-electron chi connectivity index (χ4n) is 1.72. The van der Waals surface area contributed by atoms with Crippen LogP contribution in [-0.2, 0) is 0 Å². The summed E-state index contributed by atoms with van der Waals surface area (Å²) in [6, 6.07) is 5.15. The van der Waals surface area contributed by atoms with Gasteiger partial charge in [0.05, 0.1) is 0 Å². The molecule has 0 bridgehead atoms. The maximum Gasteiger partial charge on any atom is 0.293 e. The molecule has 1 aromatic heterocycles. The molecule has 17 heavy (non-hydrogen) atoms. The molecule has 1 aromatic carbocycles. The largest absolute Gasteiger partial charge is 0.428 e. The van der Waals surface area contributed by atoms with Crippen molar-refractivity contribution in [2.24, 2.45) is 0 Å². The quantitative estimate of drug-likeness (QED) is 0.844. The molecule has 5 heteroatoms. The molecule has 0 atom stereocenters. The number of fused-ring (bicyclic) bond motifs is 1. The Bertz CT molecular complexity index is 546. The second-order valence-electron chi connectivity index (χ2n) is 3.63. The van der Waals surface area contributed by atoms with E-state index in [1.54, 1.807) is 23.1 Å². The highest BCUT2D eigenvalue weighted by Crippen LogP contribution is 2.20. The van der Waals surface area contributed by atoms with Crippen molar-refractivity contribution < 1.29 is 9.21 Å². The van der Waals surface area contributed by atoms with Crippen LogP contribution in [-0.4, -0.2) is 28.9 Å². The van der Waals surface area contributed by atoms with Crippen LogP contribution in [0.2, 0.25) is 5.35 Å². The fourth-order valence-corrected chi connectivity index (χ4v) is 1.90. The Morgan fingerprint density at radius 2 is 2.12 bits per heavy atom. The molecule has 2 aromatic rings. The standard InChI is InChI=1S/C12H13ClN2O2/c1-3-15(4-2)11(16)8-5-6-9-10(7-8)17-12(13)14-9/h5-7H,3-4H2,1-2H3. The second kappa shape index (κ2) is 4.75. The highest BCUT2D eigenvalue weighted by Gasteiger charge is 2.14. The van der Waals surface area contributed by atoms with E-state index in [9.17, 15) is 4.79 Å². The zero-order chi connectivity index (χ0) is 12.4. The van der Waals surface area contributed by atoms with Gasteiger partial charge in [-0.1, -0.05) is 0 Å². The number of aromatic nitrogens is 1. The summed E-state index contributed by atoms with van der Waals surface area (Å²) in [6.07, 6.45) is 0. The van der Waals surface area contributed by atoms with Gasteiger partial charge in [-0.15, -0.1) is 0 Å². The first-order chi connectivity index (χ1) is 8.15. The van der Waals surface area contributed by atoms with Crippen molar-refractivity contribution in [3.63, 3.8) is 0 Å². The monoisotopic (exact) mass is 252 g/mol. The molecule has 0 N–H and O–H groups in total. The van der Waals surface area contributed by atoms with E-state index in [-0.39, 0.29) is 11.3 Å². The van der Waals surface area contributed by atoms with E-state index in [1.165, 1.54) is 0 Å². The van der Waals surface area contributed by atoms with E-state index >= 15 is 0 Å². The minimum absolute atomic E-state index is 0.00979. The Morgan fingerprint density at radius 3 is 2.76 bits per heavy atom. The van der Waals surface area contributed by atoms with Crippen molar-refractivity contribution >= 4 is 28.6 Å². The molecule has 0 aliphatic carbocycles. The van der Waals surface area contributed by atoms with Gasteiger partial charge in [-0.05, 0) is 43.6 Å². The Labute approximate surface area is 104 Å². The van der Waals surface area contributed by atoms with E-state index < -0.39 is 0 Å². The fraction of sp³-hybridized carbons (Fsp3) is 0.333. The van der Waals surface area contributed by atoms with Crippen molar-refractivity contribution in [3.05, 3.63) is 29.1 Å². The van der Waals surface area contributed by atoms with Crippen molar-refractivity contribution in [1.29, 1.82) is 0 Å². The number of nitrogens with zero attached hydrogens (tertiary/aromatic N) is 2. The second-order valence-corrected chi connectivity index (χ2v) is 3.95. The van der Waals surface area contributed by atoms with E-state index in [2.05, 4.69) is 4.98 Å². The van der Waals surface area contributed by atoms with Gasteiger partial charge in [-0.2, -0.15) is 4.98 Å². The molecule has 0 aliphatic heterocycles. The normalized spacial score (nSPS) is 10.8. The van der Waals surface area contributed by atoms with Crippen LogP contribution < -0.4 is 0 Å². The summed E-state index contributed by atoms with van der Waals surface area (Å²) in [6.45, 7) is 5.27. The molecule has 0 saturated heterocycles. The molecule has 0 radical (unpaired) electrons. The van der Waals surface area contributed by atoms with Crippen LogP contribution in [0.3, 0.4) is 0 Å². The molecule has 1 heterocycles. The maximum absolute atomic E-state index is 12.1. The van der Waals surface area contributed by atoms with Crippen molar-refractivity contribution in [2.45, 2.75) is 13.8 Å². The summed E-state index contributed by atoms with van der Waals surface area (Å²) in [5.41, 5.74) is 1.79. The number of rotatable bonds is 3. The summed E-state index contributed by atoms with van der Waals surface area (Å²) >= 11 is 5.66. The molecule has 0 unspecified atom stereocenters. The van der Waals surface area contributed by atoms with Gasteiger partial charge >= 0.3 is 0 Å². The van der Waals surface area contributed by atoms with E-state index in [4.69, 9.17) is 16.0 Å². The zero-order valence-corrected chi connectivity index (χ0v) is 10.5. The number of carbonyl (C=O) groups excluding carboxylic acids is 1. The lowest BCUT2D eigenvalue weighted by atomic mass is 10.2. The Balaban J connectivity index is 2.38. The average Bonchev–Trinajstić information content (AvgIpc) is 2.69. The number of halogens is 1. The van der Waals surface area contributed by atoms with Gasteiger partial charge in [0.25, 0.3) is 11.3 Å². The van der Waals surface area contributed by atoms with E-state index in [0.29, 0.717) is 29.8 Å². The first-order valence-corrected chi connectivity index (χ1v) is 5.88. The van der Waals surface area contributed by atoms with Crippen LogP contribution in [0, 0.1) is 0 Å². The molecule has 0 spiro atoms. The summed E-state index contributed by atoms with van der Waals surface area (Å²) in [5.74, 6) is -0.00979. The average molecular weight is 253 g/mol. The Kier molecular flexibility index (Phi) is 3.33. The molecule has 0 fully saturated rings. The number of benzene rings is 1. The lowest BCUT2D eigenvalue weighted by Gasteiger charge is -2.18. The predicted octanol–water partition coefficient (Wildman–Crippen LogP) is 2.96. The van der Waals surface area contributed by atoms with Gasteiger partial charge in [0.2, 0.25) is 0 Å². The van der Waals surface area contributed by atoms with Crippen molar-refractivity contribution in [1.82, 2.24) is 9.88 Å². The third-order valence-electron chi connectivity index (χ3n) is 2.66. The molecule has 90 valence electrons. The first kappa shape index (κ1) is 11.9.